The van der Waals surface area contributed by atoms with Crippen LogP contribution < -0.4 is 0 Å². The van der Waals surface area contributed by atoms with Crippen LogP contribution in [0.4, 0.5) is 0 Å². The first kappa shape index (κ1) is 18.4. The van der Waals surface area contributed by atoms with Gasteiger partial charge in [-0.3, -0.25) is 9.10 Å². The van der Waals surface area contributed by atoms with Gasteiger partial charge in [0.05, 0.1) is 13.0 Å². The van der Waals surface area contributed by atoms with Crippen molar-refractivity contribution >= 4 is 23.9 Å². The molecule has 1 aliphatic heterocycles. The average molecular weight is 414 g/mol. The largest absolute Gasteiger partial charge is 0.294 e. The monoisotopic (exact) mass is 413 g/mol. The second-order valence-corrected chi connectivity index (χ2v) is 17.0. The van der Waals surface area contributed by atoms with Gasteiger partial charge in [0.1, 0.15) is 0 Å². The van der Waals surface area contributed by atoms with Crippen LogP contribution in [0.2, 0.25) is 24.7 Å². The zero-order valence-electron chi connectivity index (χ0n) is 16.9. The fourth-order valence-corrected chi connectivity index (χ4v) is 12.5. The number of rotatable bonds is 3. The van der Waals surface area contributed by atoms with Crippen molar-refractivity contribution in [2.45, 2.75) is 49.3 Å². The molecule has 5 rings (SSSR count). The Hall–Kier alpha value is -1.66. The molecule has 4 aliphatic rings. The topological polar surface area (TPSA) is 54.5 Å². The molecule has 4 nitrogen and oxygen atoms in total. The van der Waals surface area contributed by atoms with E-state index in [0.29, 0.717) is 11.4 Å². The Kier molecular flexibility index (Phi) is 3.46. The van der Waals surface area contributed by atoms with Crippen LogP contribution in [0, 0.1) is 24.2 Å². The number of aryl methyl sites for hydroxylation is 1. The number of sulfonamides is 1. The fraction of sp³-hybridized carbons (Fsp3) is 0.500. The lowest BCUT2D eigenvalue weighted by Gasteiger charge is -2.52. The Balaban J connectivity index is 1.67. The van der Waals surface area contributed by atoms with Gasteiger partial charge in [-0.05, 0) is 43.7 Å². The van der Waals surface area contributed by atoms with Gasteiger partial charge in [0.25, 0.3) is 10.0 Å². The summed E-state index contributed by atoms with van der Waals surface area (Å²) in [6, 6.07) is 7.03. The molecule has 2 bridgehead atoms. The number of benzene rings is 1. The van der Waals surface area contributed by atoms with Gasteiger partial charge in [-0.1, -0.05) is 49.5 Å². The third-order valence-electron chi connectivity index (χ3n) is 7.86. The van der Waals surface area contributed by atoms with Crippen molar-refractivity contribution in [1.82, 2.24) is 4.31 Å². The van der Waals surface area contributed by atoms with E-state index in [9.17, 15) is 13.2 Å². The third-order valence-corrected chi connectivity index (χ3v) is 13.1. The smallest absolute Gasteiger partial charge is 0.264 e. The molecular weight excluding hydrogens is 386 g/mol. The number of ketones is 1. The number of carbonyl (C=O) groups excluding carboxylic acids is 1. The van der Waals surface area contributed by atoms with E-state index < -0.39 is 23.1 Å². The summed E-state index contributed by atoms with van der Waals surface area (Å²) >= 11 is 0. The van der Waals surface area contributed by atoms with Gasteiger partial charge in [0.15, 0.2) is 5.78 Å². The Morgan fingerprint density at radius 2 is 1.71 bits per heavy atom. The lowest BCUT2D eigenvalue weighted by atomic mass is 9.67. The molecule has 1 heterocycles. The molecule has 3 aliphatic carbocycles. The highest BCUT2D eigenvalue weighted by Crippen LogP contribution is 2.80. The maximum atomic E-state index is 13.6. The molecule has 2 unspecified atom stereocenters. The predicted molar refractivity (Wildman–Crippen MR) is 112 cm³/mol. The van der Waals surface area contributed by atoms with E-state index in [1.165, 1.54) is 0 Å². The molecule has 0 amide bonds. The predicted octanol–water partition coefficient (Wildman–Crippen LogP) is 4.13. The van der Waals surface area contributed by atoms with E-state index in [0.717, 1.165) is 24.1 Å². The molecule has 0 aromatic heterocycles. The first-order valence-corrected chi connectivity index (χ1v) is 15.1. The molecule has 1 aromatic carbocycles. The van der Waals surface area contributed by atoms with Crippen molar-refractivity contribution in [2.75, 3.05) is 6.54 Å². The average Bonchev–Trinajstić information content (AvgIpc) is 3.31. The molecular formula is C22H27NO3SSi. The molecule has 1 saturated carbocycles. The Morgan fingerprint density at radius 1 is 1.07 bits per heavy atom. The van der Waals surface area contributed by atoms with E-state index in [-0.39, 0.29) is 23.0 Å². The number of hydrogen-bond donors (Lipinski definition) is 0. The lowest BCUT2D eigenvalue weighted by Crippen LogP contribution is -2.55. The highest BCUT2D eigenvalue weighted by molar-refractivity contribution is 7.89. The van der Waals surface area contributed by atoms with Crippen molar-refractivity contribution < 1.29 is 13.2 Å². The summed E-state index contributed by atoms with van der Waals surface area (Å²) in [4.78, 5) is 13.9. The van der Waals surface area contributed by atoms with Gasteiger partial charge in [0.2, 0.25) is 0 Å². The van der Waals surface area contributed by atoms with E-state index >= 15 is 0 Å². The normalized spacial score (nSPS) is 36.1. The first-order valence-electron chi connectivity index (χ1n) is 10.1. The summed E-state index contributed by atoms with van der Waals surface area (Å²) in [5, 5.41) is -0.397. The molecule has 2 fully saturated rings. The second kappa shape index (κ2) is 5.28. The minimum absolute atomic E-state index is 0.183. The van der Waals surface area contributed by atoms with Crippen molar-refractivity contribution in [3.05, 3.63) is 53.8 Å². The number of fused-ring (bicyclic) bond motifs is 3. The molecule has 1 saturated heterocycles. The zero-order valence-corrected chi connectivity index (χ0v) is 18.7. The number of nitrogens with zero attached hydrogens (tertiary/aromatic N) is 1. The molecule has 1 spiro atoms. The molecule has 0 N–H and O–H groups in total. The molecule has 1 aromatic rings. The maximum absolute atomic E-state index is 13.6. The number of carbonyl (C=O) groups is 1. The molecule has 4 atom stereocenters. The van der Waals surface area contributed by atoms with Crippen LogP contribution in [0.1, 0.15) is 18.4 Å². The summed E-state index contributed by atoms with van der Waals surface area (Å²) in [5.41, 5.74) is 1.48. The molecule has 28 heavy (non-hydrogen) atoms. The lowest BCUT2D eigenvalue weighted by molar-refractivity contribution is -0.119. The van der Waals surface area contributed by atoms with E-state index in [4.69, 9.17) is 0 Å². The Labute approximate surface area is 168 Å². The van der Waals surface area contributed by atoms with Crippen molar-refractivity contribution in [3.8, 4) is 0 Å². The van der Waals surface area contributed by atoms with Gasteiger partial charge in [-0.25, -0.2) is 8.42 Å². The third kappa shape index (κ3) is 1.82. The molecule has 0 radical (unpaired) electrons. The van der Waals surface area contributed by atoms with Gasteiger partial charge >= 0.3 is 0 Å². The SMILES string of the molecule is Cc1ccc(S(=O)(=O)N2CC[C@@]34C2=CC(=O)[C@]3([Si](C)(C)C)C2C=CC4C2)cc1. The summed E-state index contributed by atoms with van der Waals surface area (Å²) in [7, 11) is -5.60. The van der Waals surface area contributed by atoms with E-state index in [1.54, 1.807) is 22.5 Å². The summed E-state index contributed by atoms with van der Waals surface area (Å²) < 4.78 is 28.6. The summed E-state index contributed by atoms with van der Waals surface area (Å²) in [6.07, 6.45) is 7.97. The van der Waals surface area contributed by atoms with Gasteiger partial charge in [0, 0.05) is 28.8 Å². The van der Waals surface area contributed by atoms with Crippen molar-refractivity contribution in [3.63, 3.8) is 0 Å². The van der Waals surface area contributed by atoms with Crippen LogP contribution >= 0.6 is 0 Å². The van der Waals surface area contributed by atoms with Crippen molar-refractivity contribution in [2.24, 2.45) is 17.3 Å². The zero-order chi connectivity index (χ0) is 20.1. The van der Waals surface area contributed by atoms with Gasteiger partial charge in [-0.2, -0.15) is 0 Å². The molecule has 148 valence electrons. The minimum Gasteiger partial charge on any atom is -0.294 e. The van der Waals surface area contributed by atoms with Crippen LogP contribution in [-0.4, -0.2) is 33.1 Å². The second-order valence-electron chi connectivity index (χ2n) is 9.90. The Morgan fingerprint density at radius 3 is 2.36 bits per heavy atom. The van der Waals surface area contributed by atoms with Crippen LogP contribution in [0.25, 0.3) is 0 Å². The standard InChI is InChI=1S/C22H27NO3SSi/c1-15-5-9-18(10-6-15)27(25,26)23-12-11-21-16-7-8-17(13-16)22(21,28(2,3)4)20(24)14-19(21)23/h5-10,14,16-17H,11-13H2,1-4H3/t16?,17?,21-,22-/m1/s1. The fourth-order valence-electron chi connectivity index (χ4n) is 7.06. The van der Waals surface area contributed by atoms with Gasteiger partial charge < -0.3 is 0 Å². The highest BCUT2D eigenvalue weighted by Gasteiger charge is 2.78. The summed E-state index contributed by atoms with van der Waals surface area (Å²) in [5.74, 6) is 0.718. The van der Waals surface area contributed by atoms with Crippen LogP contribution in [0.3, 0.4) is 0 Å². The van der Waals surface area contributed by atoms with Crippen LogP contribution in [0.15, 0.2) is 53.1 Å². The van der Waals surface area contributed by atoms with E-state index in [2.05, 4.69) is 31.8 Å². The van der Waals surface area contributed by atoms with Crippen molar-refractivity contribution in [1.29, 1.82) is 0 Å². The van der Waals surface area contributed by atoms with Gasteiger partial charge in [-0.15, -0.1) is 0 Å². The number of allylic oxidation sites excluding steroid dienone is 4. The van der Waals surface area contributed by atoms with E-state index in [1.807, 2.05) is 19.1 Å². The Bertz CT molecular complexity index is 1050. The van der Waals surface area contributed by atoms with Crippen LogP contribution in [-0.2, 0) is 14.8 Å². The molecule has 6 heteroatoms. The quantitative estimate of drug-likeness (QED) is 0.553. The minimum atomic E-state index is -3.66. The number of hydrogen-bond acceptors (Lipinski definition) is 3. The highest BCUT2D eigenvalue weighted by atomic mass is 32.2. The maximum Gasteiger partial charge on any atom is 0.264 e. The van der Waals surface area contributed by atoms with Crippen LogP contribution in [0.5, 0.6) is 0 Å². The first-order chi connectivity index (χ1) is 13.1. The summed E-state index contributed by atoms with van der Waals surface area (Å²) in [6.45, 7) is 9.28.